The van der Waals surface area contributed by atoms with E-state index in [1.807, 2.05) is 20.0 Å². The minimum Gasteiger partial charge on any atom is -0.497 e. The van der Waals surface area contributed by atoms with Gasteiger partial charge in [-0.05, 0) is 25.1 Å². The molecule has 0 aliphatic carbocycles. The second kappa shape index (κ2) is 6.19. The maximum absolute atomic E-state index is 12.5. The average Bonchev–Trinajstić information content (AvgIpc) is 2.88. The number of hydrogen-bond acceptors (Lipinski definition) is 5. The molecule has 2 aromatic heterocycles. The van der Waals surface area contributed by atoms with E-state index in [4.69, 9.17) is 9.47 Å². The van der Waals surface area contributed by atoms with Crippen molar-refractivity contribution in [2.45, 2.75) is 6.92 Å². The molecule has 0 aliphatic rings. The summed E-state index contributed by atoms with van der Waals surface area (Å²) >= 11 is 0. The van der Waals surface area contributed by atoms with Gasteiger partial charge < -0.3 is 14.8 Å². The molecule has 0 bridgehead atoms. The average molecular weight is 326 g/mol. The number of hydrogen-bond donors (Lipinski definition) is 1. The molecular weight excluding hydrogens is 308 g/mol. The molecule has 7 heteroatoms. The summed E-state index contributed by atoms with van der Waals surface area (Å²) in [7, 11) is 4.92. The lowest BCUT2D eigenvalue weighted by Gasteiger charge is -2.09. The van der Waals surface area contributed by atoms with Gasteiger partial charge in [0, 0.05) is 24.1 Å². The van der Waals surface area contributed by atoms with Gasteiger partial charge in [0.25, 0.3) is 5.91 Å². The fourth-order valence-electron chi connectivity index (χ4n) is 2.52. The maximum atomic E-state index is 12.5. The van der Waals surface area contributed by atoms with E-state index in [1.165, 1.54) is 0 Å². The van der Waals surface area contributed by atoms with Crippen LogP contribution < -0.4 is 14.8 Å². The number of aromatic nitrogens is 3. The number of pyridine rings is 1. The molecule has 0 fully saturated rings. The van der Waals surface area contributed by atoms with Crippen LogP contribution in [0.2, 0.25) is 0 Å². The van der Waals surface area contributed by atoms with E-state index in [9.17, 15) is 4.79 Å². The van der Waals surface area contributed by atoms with Crippen LogP contribution in [0.25, 0.3) is 11.0 Å². The minimum atomic E-state index is -0.269. The van der Waals surface area contributed by atoms with E-state index < -0.39 is 0 Å². The Kier molecular flexibility index (Phi) is 4.07. The molecule has 0 unspecified atom stereocenters. The Labute approximate surface area is 139 Å². The summed E-state index contributed by atoms with van der Waals surface area (Å²) in [4.78, 5) is 16.9. The van der Waals surface area contributed by atoms with Crippen molar-refractivity contribution in [1.82, 2.24) is 14.8 Å². The summed E-state index contributed by atoms with van der Waals surface area (Å²) < 4.78 is 12.1. The van der Waals surface area contributed by atoms with Crippen molar-refractivity contribution in [2.75, 3.05) is 19.5 Å². The minimum absolute atomic E-state index is 0.269. The first-order valence-electron chi connectivity index (χ1n) is 7.35. The molecule has 2 heterocycles. The summed E-state index contributed by atoms with van der Waals surface area (Å²) in [5, 5.41) is 8.06. The van der Waals surface area contributed by atoms with Crippen molar-refractivity contribution in [3.63, 3.8) is 0 Å². The fraction of sp³-hybridized carbons (Fsp3) is 0.235. The SMILES string of the molecule is COc1cc(OC)cc(C(=O)Nc2cnc3c(c2)c(C)nn3C)c1. The number of nitrogens with zero attached hydrogens (tertiary/aromatic N) is 3. The number of amides is 1. The Bertz CT molecular complexity index is 895. The maximum Gasteiger partial charge on any atom is 0.255 e. The highest BCUT2D eigenvalue weighted by Gasteiger charge is 2.12. The second-order valence-electron chi connectivity index (χ2n) is 5.36. The van der Waals surface area contributed by atoms with Gasteiger partial charge in [-0.2, -0.15) is 5.10 Å². The van der Waals surface area contributed by atoms with Crippen molar-refractivity contribution in [3.05, 3.63) is 41.7 Å². The van der Waals surface area contributed by atoms with E-state index in [1.54, 1.807) is 43.3 Å². The van der Waals surface area contributed by atoms with Gasteiger partial charge in [-0.3, -0.25) is 9.48 Å². The van der Waals surface area contributed by atoms with E-state index >= 15 is 0 Å². The molecule has 0 radical (unpaired) electrons. The van der Waals surface area contributed by atoms with Crippen molar-refractivity contribution >= 4 is 22.6 Å². The normalized spacial score (nSPS) is 10.7. The molecule has 7 nitrogen and oxygen atoms in total. The highest BCUT2D eigenvalue weighted by Crippen LogP contribution is 2.24. The van der Waals surface area contributed by atoms with Crippen LogP contribution in [-0.4, -0.2) is 34.9 Å². The van der Waals surface area contributed by atoms with Gasteiger partial charge in [0.2, 0.25) is 0 Å². The summed E-state index contributed by atoms with van der Waals surface area (Å²) in [6.45, 7) is 1.91. The molecule has 0 atom stereocenters. The number of carbonyl (C=O) groups is 1. The van der Waals surface area contributed by atoms with E-state index in [0.717, 1.165) is 16.7 Å². The number of rotatable bonds is 4. The Balaban J connectivity index is 1.91. The van der Waals surface area contributed by atoms with Crippen molar-refractivity contribution in [3.8, 4) is 11.5 Å². The Morgan fingerprint density at radius 2 is 1.79 bits per heavy atom. The zero-order valence-corrected chi connectivity index (χ0v) is 14.0. The second-order valence-corrected chi connectivity index (χ2v) is 5.36. The van der Waals surface area contributed by atoms with Crippen molar-refractivity contribution in [2.24, 2.45) is 7.05 Å². The lowest BCUT2D eigenvalue weighted by Crippen LogP contribution is -2.12. The van der Waals surface area contributed by atoms with Crippen LogP contribution in [0.4, 0.5) is 5.69 Å². The first kappa shape index (κ1) is 15.8. The van der Waals surface area contributed by atoms with Crippen LogP contribution in [0.15, 0.2) is 30.5 Å². The molecule has 1 aromatic carbocycles. The number of ether oxygens (including phenoxy) is 2. The molecule has 0 saturated heterocycles. The monoisotopic (exact) mass is 326 g/mol. The Hall–Kier alpha value is -3.09. The van der Waals surface area contributed by atoms with Gasteiger partial charge in [-0.25, -0.2) is 4.98 Å². The number of benzene rings is 1. The summed E-state index contributed by atoms with van der Waals surface area (Å²) in [5.41, 5.74) is 2.67. The van der Waals surface area contributed by atoms with Gasteiger partial charge in [0.1, 0.15) is 11.5 Å². The van der Waals surface area contributed by atoms with E-state index in [2.05, 4.69) is 15.4 Å². The smallest absolute Gasteiger partial charge is 0.255 e. The predicted octanol–water partition coefficient (Wildman–Crippen LogP) is 2.55. The molecule has 0 aliphatic heterocycles. The van der Waals surface area contributed by atoms with Gasteiger partial charge >= 0.3 is 0 Å². The summed E-state index contributed by atoms with van der Waals surface area (Å²) in [5.74, 6) is 0.835. The van der Waals surface area contributed by atoms with Crippen LogP contribution in [0.1, 0.15) is 16.1 Å². The third-order valence-electron chi connectivity index (χ3n) is 3.73. The van der Waals surface area contributed by atoms with E-state index in [0.29, 0.717) is 22.7 Å². The molecule has 1 N–H and O–H groups in total. The topological polar surface area (TPSA) is 78.3 Å². The number of nitrogens with one attached hydrogen (secondary N) is 1. The zero-order valence-electron chi connectivity index (χ0n) is 14.0. The molecule has 3 rings (SSSR count). The van der Waals surface area contributed by atoms with Crippen LogP contribution in [0, 0.1) is 6.92 Å². The fourth-order valence-corrected chi connectivity index (χ4v) is 2.52. The molecule has 124 valence electrons. The lowest BCUT2D eigenvalue weighted by molar-refractivity contribution is 0.102. The zero-order chi connectivity index (χ0) is 17.3. The van der Waals surface area contributed by atoms with Crippen LogP contribution in [-0.2, 0) is 7.05 Å². The van der Waals surface area contributed by atoms with Crippen LogP contribution >= 0.6 is 0 Å². The van der Waals surface area contributed by atoms with Crippen molar-refractivity contribution < 1.29 is 14.3 Å². The third-order valence-corrected chi connectivity index (χ3v) is 3.73. The third kappa shape index (κ3) is 2.88. The van der Waals surface area contributed by atoms with Gasteiger partial charge in [-0.1, -0.05) is 0 Å². The van der Waals surface area contributed by atoms with Crippen LogP contribution in [0.3, 0.4) is 0 Å². The van der Waals surface area contributed by atoms with Crippen molar-refractivity contribution in [1.29, 1.82) is 0 Å². The summed E-state index contributed by atoms with van der Waals surface area (Å²) in [6, 6.07) is 6.88. The number of carbonyl (C=O) groups excluding carboxylic acids is 1. The number of fused-ring (bicyclic) bond motifs is 1. The number of aryl methyl sites for hydroxylation is 2. The molecule has 24 heavy (non-hydrogen) atoms. The first-order chi connectivity index (χ1) is 11.5. The molecule has 1 amide bonds. The standard InChI is InChI=1S/C17H18N4O3/c1-10-15-7-12(9-18-16(15)21(2)20-10)19-17(22)11-5-13(23-3)8-14(6-11)24-4/h5-9H,1-4H3,(H,19,22). The Morgan fingerprint density at radius 3 is 2.42 bits per heavy atom. The number of anilines is 1. The molecular formula is C17H18N4O3. The van der Waals surface area contributed by atoms with Gasteiger partial charge in [-0.15, -0.1) is 0 Å². The van der Waals surface area contributed by atoms with E-state index in [-0.39, 0.29) is 5.91 Å². The largest absolute Gasteiger partial charge is 0.497 e. The van der Waals surface area contributed by atoms with Gasteiger partial charge in [0.15, 0.2) is 5.65 Å². The first-order valence-corrected chi connectivity index (χ1v) is 7.35. The molecule has 0 spiro atoms. The lowest BCUT2D eigenvalue weighted by atomic mass is 10.1. The van der Waals surface area contributed by atoms with Crippen LogP contribution in [0.5, 0.6) is 11.5 Å². The van der Waals surface area contributed by atoms with Gasteiger partial charge in [0.05, 0.1) is 31.8 Å². The highest BCUT2D eigenvalue weighted by molar-refractivity contribution is 6.05. The highest BCUT2D eigenvalue weighted by atomic mass is 16.5. The molecule has 0 saturated carbocycles. The Morgan fingerprint density at radius 1 is 1.12 bits per heavy atom. The molecule has 3 aromatic rings. The predicted molar refractivity (Wildman–Crippen MR) is 90.7 cm³/mol. The number of methoxy groups -OCH3 is 2. The summed E-state index contributed by atoms with van der Waals surface area (Å²) in [6.07, 6.45) is 1.61. The quantitative estimate of drug-likeness (QED) is 0.797.